The van der Waals surface area contributed by atoms with Gasteiger partial charge in [-0.05, 0) is 33.6 Å². The largest absolute Gasteiger partial charge is 0.434 e. The quantitative estimate of drug-likeness (QED) is 0.923. The number of hydrogen-bond donors (Lipinski definition) is 1. The number of alkyl halides is 2. The van der Waals surface area contributed by atoms with Gasteiger partial charge in [0.25, 0.3) is 0 Å². The molecule has 1 aromatic carbocycles. The lowest BCUT2D eigenvalue weighted by Crippen LogP contribution is -2.04. The van der Waals surface area contributed by atoms with Crippen molar-refractivity contribution in [1.29, 1.82) is 0 Å². The number of rotatable bonds is 3. The summed E-state index contributed by atoms with van der Waals surface area (Å²) in [5.74, 6) is 0.0867. The molecule has 0 fully saturated rings. The summed E-state index contributed by atoms with van der Waals surface area (Å²) in [5, 5.41) is 0. The molecule has 0 saturated heterocycles. The van der Waals surface area contributed by atoms with Gasteiger partial charge in [-0.1, -0.05) is 15.9 Å². The molecule has 2 nitrogen and oxygen atoms in total. The fourth-order valence-electron chi connectivity index (χ4n) is 0.914. The van der Waals surface area contributed by atoms with Crippen molar-refractivity contribution in [3.05, 3.63) is 26.6 Å². The number of halogens is 4. The predicted octanol–water partition coefficient (Wildman–Crippen LogP) is 3.27. The van der Waals surface area contributed by atoms with Crippen molar-refractivity contribution in [1.82, 2.24) is 0 Å². The minimum absolute atomic E-state index is 0.0867. The first-order valence-corrected chi connectivity index (χ1v) is 5.26. The van der Waals surface area contributed by atoms with Gasteiger partial charge in [-0.2, -0.15) is 8.78 Å². The number of nitrogens with two attached hydrogens (primary N) is 1. The molecule has 2 N–H and O–H groups in total. The molecule has 1 rings (SSSR count). The third-order valence-corrected chi connectivity index (χ3v) is 2.89. The van der Waals surface area contributed by atoms with Gasteiger partial charge in [0, 0.05) is 11.0 Å². The van der Waals surface area contributed by atoms with Gasteiger partial charge >= 0.3 is 6.61 Å². The van der Waals surface area contributed by atoms with E-state index in [2.05, 4.69) is 36.6 Å². The van der Waals surface area contributed by atoms with Crippen LogP contribution in [0.15, 0.2) is 21.1 Å². The minimum Gasteiger partial charge on any atom is -0.434 e. The Morgan fingerprint density at radius 1 is 1.29 bits per heavy atom. The molecule has 78 valence electrons. The second-order valence-corrected chi connectivity index (χ2v) is 4.17. The molecule has 0 saturated carbocycles. The van der Waals surface area contributed by atoms with E-state index >= 15 is 0 Å². The number of ether oxygens (including phenoxy) is 1. The molecule has 1 aromatic rings. The summed E-state index contributed by atoms with van der Waals surface area (Å²) in [6, 6.07) is 3.10. The van der Waals surface area contributed by atoms with E-state index in [4.69, 9.17) is 5.73 Å². The second kappa shape index (κ2) is 5.04. The summed E-state index contributed by atoms with van der Waals surface area (Å²) >= 11 is 6.36. The van der Waals surface area contributed by atoms with Crippen molar-refractivity contribution in [2.75, 3.05) is 0 Å². The maximum absolute atomic E-state index is 12.0. The van der Waals surface area contributed by atoms with Gasteiger partial charge in [0.05, 0.1) is 4.47 Å². The lowest BCUT2D eigenvalue weighted by molar-refractivity contribution is -0.0504. The first-order valence-electron chi connectivity index (χ1n) is 3.67. The van der Waals surface area contributed by atoms with Crippen LogP contribution in [0.5, 0.6) is 5.75 Å². The van der Waals surface area contributed by atoms with Crippen molar-refractivity contribution < 1.29 is 13.5 Å². The Bertz CT molecular complexity index is 333. The summed E-state index contributed by atoms with van der Waals surface area (Å²) in [4.78, 5) is 0. The topological polar surface area (TPSA) is 35.2 Å². The summed E-state index contributed by atoms with van der Waals surface area (Å²) in [6.07, 6.45) is 0. The molecular weight excluding hydrogens is 324 g/mol. The molecule has 0 spiro atoms. The van der Waals surface area contributed by atoms with E-state index in [0.717, 1.165) is 4.47 Å². The molecule has 0 aliphatic carbocycles. The van der Waals surface area contributed by atoms with Crippen molar-refractivity contribution >= 4 is 31.9 Å². The Kier molecular flexibility index (Phi) is 4.28. The molecule has 6 heteroatoms. The van der Waals surface area contributed by atoms with Crippen LogP contribution in [0.3, 0.4) is 0 Å². The van der Waals surface area contributed by atoms with Gasteiger partial charge in [0.2, 0.25) is 0 Å². The van der Waals surface area contributed by atoms with Crippen LogP contribution in [0.25, 0.3) is 0 Å². The molecule has 0 bridgehead atoms. The van der Waals surface area contributed by atoms with Crippen molar-refractivity contribution in [2.24, 2.45) is 5.73 Å². The first kappa shape index (κ1) is 11.9. The van der Waals surface area contributed by atoms with Crippen LogP contribution in [0, 0.1) is 0 Å². The summed E-state index contributed by atoms with van der Waals surface area (Å²) in [6.45, 7) is -2.58. The Morgan fingerprint density at radius 3 is 2.43 bits per heavy atom. The lowest BCUT2D eigenvalue weighted by atomic mass is 10.2. The molecule has 14 heavy (non-hydrogen) atoms. The monoisotopic (exact) mass is 329 g/mol. The Hall–Kier alpha value is -0.200. The van der Waals surface area contributed by atoms with Crippen LogP contribution in [-0.2, 0) is 6.54 Å². The second-order valence-electron chi connectivity index (χ2n) is 2.46. The SMILES string of the molecule is NCc1cc(OC(F)F)c(Br)cc1Br. The summed E-state index contributed by atoms with van der Waals surface area (Å²) in [5.41, 5.74) is 6.12. The van der Waals surface area contributed by atoms with Gasteiger partial charge in [-0.25, -0.2) is 0 Å². The molecule has 0 amide bonds. The highest BCUT2D eigenvalue weighted by atomic mass is 79.9. The van der Waals surface area contributed by atoms with Gasteiger partial charge in [-0.3, -0.25) is 0 Å². The maximum Gasteiger partial charge on any atom is 0.387 e. The lowest BCUT2D eigenvalue weighted by Gasteiger charge is -2.09. The van der Waals surface area contributed by atoms with Crippen molar-refractivity contribution in [2.45, 2.75) is 13.2 Å². The van der Waals surface area contributed by atoms with Crippen LogP contribution in [0.4, 0.5) is 8.78 Å². The zero-order chi connectivity index (χ0) is 10.7. The maximum atomic E-state index is 12.0. The van der Waals surface area contributed by atoms with Crippen LogP contribution in [-0.4, -0.2) is 6.61 Å². The van der Waals surface area contributed by atoms with E-state index in [1.165, 1.54) is 6.07 Å². The molecule has 0 unspecified atom stereocenters. The zero-order valence-electron chi connectivity index (χ0n) is 6.94. The average Bonchev–Trinajstić information content (AvgIpc) is 2.09. The molecule has 0 atom stereocenters. The fraction of sp³-hybridized carbons (Fsp3) is 0.250. The number of hydrogen-bond acceptors (Lipinski definition) is 2. The van der Waals surface area contributed by atoms with Crippen LogP contribution in [0.1, 0.15) is 5.56 Å². The fourth-order valence-corrected chi connectivity index (χ4v) is 2.16. The Balaban J connectivity index is 3.04. The molecule has 0 aliphatic rings. The van der Waals surface area contributed by atoms with Crippen LogP contribution >= 0.6 is 31.9 Å². The van der Waals surface area contributed by atoms with E-state index in [1.54, 1.807) is 6.07 Å². The first-order chi connectivity index (χ1) is 6.54. The highest BCUT2D eigenvalue weighted by molar-refractivity contribution is 9.11. The Labute approximate surface area is 96.7 Å². The highest BCUT2D eigenvalue weighted by Crippen LogP contribution is 2.32. The van der Waals surface area contributed by atoms with E-state index in [9.17, 15) is 8.78 Å². The third-order valence-electron chi connectivity index (χ3n) is 1.54. The predicted molar refractivity (Wildman–Crippen MR) is 56.4 cm³/mol. The van der Waals surface area contributed by atoms with Crippen LogP contribution < -0.4 is 10.5 Å². The smallest absolute Gasteiger partial charge is 0.387 e. The third kappa shape index (κ3) is 2.90. The van der Waals surface area contributed by atoms with Crippen LogP contribution in [0.2, 0.25) is 0 Å². The molecule has 0 radical (unpaired) electrons. The normalized spacial score (nSPS) is 10.7. The zero-order valence-corrected chi connectivity index (χ0v) is 10.1. The average molecular weight is 331 g/mol. The van der Waals surface area contributed by atoms with Gasteiger partial charge in [0.1, 0.15) is 5.75 Å². The summed E-state index contributed by atoms with van der Waals surface area (Å²) in [7, 11) is 0. The molecule has 0 heterocycles. The molecular formula is C8H7Br2F2NO. The standard InChI is InChI=1S/C8H7Br2F2NO/c9-5-2-6(10)7(14-8(11)12)1-4(5)3-13/h1-2,8H,3,13H2. The van der Waals surface area contributed by atoms with Crippen molar-refractivity contribution in [3.8, 4) is 5.75 Å². The minimum atomic E-state index is -2.84. The molecule has 0 aromatic heterocycles. The summed E-state index contributed by atoms with van der Waals surface area (Å²) < 4.78 is 29.4. The van der Waals surface area contributed by atoms with E-state index in [0.29, 0.717) is 10.0 Å². The number of benzene rings is 1. The highest BCUT2D eigenvalue weighted by Gasteiger charge is 2.11. The van der Waals surface area contributed by atoms with Gasteiger partial charge < -0.3 is 10.5 Å². The van der Waals surface area contributed by atoms with Gasteiger partial charge in [-0.15, -0.1) is 0 Å². The molecule has 0 aliphatic heterocycles. The van der Waals surface area contributed by atoms with E-state index in [-0.39, 0.29) is 12.3 Å². The van der Waals surface area contributed by atoms with Gasteiger partial charge in [0.15, 0.2) is 0 Å². The van der Waals surface area contributed by atoms with Crippen molar-refractivity contribution in [3.63, 3.8) is 0 Å². The Morgan fingerprint density at radius 2 is 1.93 bits per heavy atom. The van der Waals surface area contributed by atoms with E-state index in [1.807, 2.05) is 0 Å². The van der Waals surface area contributed by atoms with E-state index < -0.39 is 6.61 Å².